The lowest BCUT2D eigenvalue weighted by atomic mass is 9.83. The first kappa shape index (κ1) is 10.1. The summed E-state index contributed by atoms with van der Waals surface area (Å²) in [5.74, 6) is 0.386. The van der Waals surface area contributed by atoms with Crippen molar-refractivity contribution in [2.45, 2.75) is 44.8 Å². The minimum Gasteiger partial charge on any atom is -0.462 e. The second kappa shape index (κ2) is 3.47. The van der Waals surface area contributed by atoms with Crippen LogP contribution in [0.1, 0.15) is 32.6 Å². The number of carbonyl (C=O) groups is 2. The van der Waals surface area contributed by atoms with Crippen LogP contribution in [-0.2, 0) is 14.3 Å². The van der Waals surface area contributed by atoms with Gasteiger partial charge < -0.3 is 9.64 Å². The number of hydrogen-bond donors (Lipinski definition) is 0. The van der Waals surface area contributed by atoms with E-state index in [1.807, 2.05) is 11.8 Å². The Labute approximate surface area is 94.9 Å². The van der Waals surface area contributed by atoms with Crippen molar-refractivity contribution in [1.82, 2.24) is 4.90 Å². The van der Waals surface area contributed by atoms with Gasteiger partial charge in [0.05, 0.1) is 5.92 Å². The van der Waals surface area contributed by atoms with E-state index < -0.39 is 0 Å². The van der Waals surface area contributed by atoms with E-state index in [0.717, 1.165) is 25.8 Å². The van der Waals surface area contributed by atoms with Gasteiger partial charge in [-0.25, -0.2) is 0 Å². The van der Waals surface area contributed by atoms with Crippen LogP contribution in [0.2, 0.25) is 0 Å². The Balaban J connectivity index is 1.91. The van der Waals surface area contributed by atoms with Gasteiger partial charge in [0, 0.05) is 24.9 Å². The van der Waals surface area contributed by atoms with Gasteiger partial charge in [0.25, 0.3) is 0 Å². The maximum absolute atomic E-state index is 11.7. The quantitative estimate of drug-likeness (QED) is 0.574. The van der Waals surface area contributed by atoms with Crippen LogP contribution in [0.4, 0.5) is 0 Å². The van der Waals surface area contributed by atoms with Crippen molar-refractivity contribution in [3.63, 3.8) is 0 Å². The highest BCUT2D eigenvalue weighted by atomic mass is 16.6. The molecule has 0 N–H and O–H groups in total. The Hall–Kier alpha value is -1.06. The summed E-state index contributed by atoms with van der Waals surface area (Å²) in [6.45, 7) is 2.79. The summed E-state index contributed by atoms with van der Waals surface area (Å²) < 4.78 is 5.42. The molecular formula is C12H17NO3. The number of ether oxygens (including phenoxy) is 1. The molecule has 4 heteroatoms. The largest absolute Gasteiger partial charge is 0.462 e. The van der Waals surface area contributed by atoms with Crippen LogP contribution >= 0.6 is 0 Å². The molecule has 3 heterocycles. The van der Waals surface area contributed by atoms with E-state index in [4.69, 9.17) is 4.74 Å². The maximum atomic E-state index is 11.7. The lowest BCUT2D eigenvalue weighted by Crippen LogP contribution is -2.41. The van der Waals surface area contributed by atoms with Crippen molar-refractivity contribution in [1.29, 1.82) is 0 Å². The van der Waals surface area contributed by atoms with Crippen LogP contribution < -0.4 is 0 Å². The summed E-state index contributed by atoms with van der Waals surface area (Å²) in [6, 6.07) is 0.251. The molecule has 1 amide bonds. The van der Waals surface area contributed by atoms with Crippen LogP contribution in [-0.4, -0.2) is 35.5 Å². The molecule has 16 heavy (non-hydrogen) atoms. The third-order valence-corrected chi connectivity index (χ3v) is 4.35. The monoisotopic (exact) mass is 223 g/mol. The van der Waals surface area contributed by atoms with Crippen LogP contribution in [0.15, 0.2) is 0 Å². The van der Waals surface area contributed by atoms with Gasteiger partial charge in [0.1, 0.15) is 6.10 Å². The predicted molar refractivity (Wildman–Crippen MR) is 56.5 cm³/mol. The normalized spacial score (nSPS) is 42.7. The fourth-order valence-corrected chi connectivity index (χ4v) is 3.56. The molecule has 3 rings (SSSR count). The Morgan fingerprint density at radius 2 is 2.12 bits per heavy atom. The Morgan fingerprint density at radius 1 is 1.31 bits per heavy atom. The fraction of sp³-hybridized carbons (Fsp3) is 0.833. The van der Waals surface area contributed by atoms with E-state index in [2.05, 4.69) is 0 Å². The van der Waals surface area contributed by atoms with Gasteiger partial charge >= 0.3 is 5.97 Å². The van der Waals surface area contributed by atoms with E-state index in [9.17, 15) is 9.59 Å². The first-order valence-corrected chi connectivity index (χ1v) is 6.18. The maximum Gasteiger partial charge on any atom is 0.309 e. The van der Waals surface area contributed by atoms with Gasteiger partial charge in [-0.2, -0.15) is 0 Å². The van der Waals surface area contributed by atoms with E-state index in [1.54, 1.807) is 0 Å². The standard InChI is InChI=1S/C12H17NO3/c1-7-11-8-4-5-10(14)13(8)6-2-3-9(11)16-12(7)15/h7-9,11H,2-6H2,1H3/t7-,8+,9-,11+/m1/s1. The summed E-state index contributed by atoms with van der Waals surface area (Å²) in [4.78, 5) is 25.3. The highest BCUT2D eigenvalue weighted by Gasteiger charge is 2.51. The number of nitrogens with zero attached hydrogens (tertiary/aromatic N) is 1. The second-order valence-electron chi connectivity index (χ2n) is 5.18. The first-order valence-electron chi connectivity index (χ1n) is 6.18. The molecule has 88 valence electrons. The summed E-state index contributed by atoms with van der Waals surface area (Å²) in [6.07, 6.45) is 3.49. The van der Waals surface area contributed by atoms with Crippen molar-refractivity contribution in [2.24, 2.45) is 11.8 Å². The topological polar surface area (TPSA) is 46.6 Å². The number of esters is 1. The van der Waals surface area contributed by atoms with Gasteiger partial charge in [-0.3, -0.25) is 9.59 Å². The summed E-state index contributed by atoms with van der Waals surface area (Å²) in [7, 11) is 0. The van der Waals surface area contributed by atoms with Crippen molar-refractivity contribution in [3.05, 3.63) is 0 Å². The lowest BCUT2D eigenvalue weighted by molar-refractivity contribution is -0.144. The molecule has 0 aromatic rings. The zero-order valence-electron chi connectivity index (χ0n) is 9.52. The van der Waals surface area contributed by atoms with Crippen LogP contribution in [0.5, 0.6) is 0 Å². The van der Waals surface area contributed by atoms with Gasteiger partial charge in [0.2, 0.25) is 5.91 Å². The average Bonchev–Trinajstić information content (AvgIpc) is 2.67. The van der Waals surface area contributed by atoms with Gasteiger partial charge in [-0.1, -0.05) is 6.92 Å². The van der Waals surface area contributed by atoms with Gasteiger partial charge in [-0.05, 0) is 19.3 Å². The molecule has 4 atom stereocenters. The second-order valence-corrected chi connectivity index (χ2v) is 5.18. The number of amides is 1. The summed E-state index contributed by atoms with van der Waals surface area (Å²) in [5, 5.41) is 0. The number of fused-ring (bicyclic) bond motifs is 3. The molecule has 0 spiro atoms. The predicted octanol–water partition coefficient (Wildman–Crippen LogP) is 0.949. The Kier molecular flexibility index (Phi) is 2.19. The van der Waals surface area contributed by atoms with Crippen LogP contribution in [0.25, 0.3) is 0 Å². The van der Waals surface area contributed by atoms with E-state index in [1.165, 1.54) is 0 Å². The molecule has 0 unspecified atom stereocenters. The summed E-state index contributed by atoms with van der Waals surface area (Å²) in [5.41, 5.74) is 0. The molecule has 0 aliphatic carbocycles. The molecule has 0 saturated carbocycles. The van der Waals surface area contributed by atoms with E-state index in [-0.39, 0.29) is 35.9 Å². The Bertz CT molecular complexity index is 339. The fourth-order valence-electron chi connectivity index (χ4n) is 3.56. The van der Waals surface area contributed by atoms with Crippen molar-refractivity contribution < 1.29 is 14.3 Å². The van der Waals surface area contributed by atoms with Gasteiger partial charge in [-0.15, -0.1) is 0 Å². The average molecular weight is 223 g/mol. The molecule has 0 aromatic heterocycles. The van der Waals surface area contributed by atoms with Crippen molar-refractivity contribution in [2.75, 3.05) is 6.54 Å². The van der Waals surface area contributed by atoms with Crippen LogP contribution in [0, 0.1) is 11.8 Å². The lowest BCUT2D eigenvalue weighted by Gasteiger charge is -2.29. The molecule has 0 aromatic carbocycles. The molecule has 0 bridgehead atoms. The molecule has 3 saturated heterocycles. The van der Waals surface area contributed by atoms with Gasteiger partial charge in [0.15, 0.2) is 0 Å². The molecule has 0 radical (unpaired) electrons. The van der Waals surface area contributed by atoms with E-state index in [0.29, 0.717) is 6.42 Å². The van der Waals surface area contributed by atoms with Crippen molar-refractivity contribution >= 4 is 11.9 Å². The zero-order valence-corrected chi connectivity index (χ0v) is 9.52. The third kappa shape index (κ3) is 1.28. The highest BCUT2D eigenvalue weighted by Crippen LogP contribution is 2.41. The van der Waals surface area contributed by atoms with E-state index >= 15 is 0 Å². The number of rotatable bonds is 0. The number of carbonyl (C=O) groups excluding carboxylic acids is 2. The Morgan fingerprint density at radius 3 is 2.94 bits per heavy atom. The first-order chi connectivity index (χ1) is 7.68. The SMILES string of the molecule is C[C@H]1C(=O)O[C@@H]2CCCN3C(=O)CC[C@H]3[C@@H]21. The molecule has 3 fully saturated rings. The molecule has 4 nitrogen and oxygen atoms in total. The third-order valence-electron chi connectivity index (χ3n) is 4.35. The smallest absolute Gasteiger partial charge is 0.309 e. The summed E-state index contributed by atoms with van der Waals surface area (Å²) >= 11 is 0. The molecule has 3 aliphatic heterocycles. The minimum absolute atomic E-state index is 0.0403. The zero-order chi connectivity index (χ0) is 11.3. The van der Waals surface area contributed by atoms with Crippen LogP contribution in [0.3, 0.4) is 0 Å². The molecular weight excluding hydrogens is 206 g/mol. The minimum atomic E-state index is -0.0730. The highest BCUT2D eigenvalue weighted by molar-refractivity contribution is 5.80. The molecule has 3 aliphatic rings. The number of hydrogen-bond acceptors (Lipinski definition) is 3. The van der Waals surface area contributed by atoms with Crippen molar-refractivity contribution in [3.8, 4) is 0 Å².